The van der Waals surface area contributed by atoms with Crippen LogP contribution in [-0.4, -0.2) is 70.8 Å². The normalized spacial score (nSPS) is 26.8. The molecule has 1 aromatic rings. The van der Waals surface area contributed by atoms with Gasteiger partial charge in [0.05, 0.1) is 5.60 Å². The molecule has 0 aromatic heterocycles. The first-order valence-electron chi connectivity index (χ1n) is 10.3. The number of hydrogen-bond donors (Lipinski definition) is 1. The summed E-state index contributed by atoms with van der Waals surface area (Å²) < 4.78 is 38.0. The minimum absolute atomic E-state index is 0.0573. The molecule has 3 saturated heterocycles. The first-order valence-corrected chi connectivity index (χ1v) is 10.7. The molecule has 0 saturated carbocycles. The van der Waals surface area contributed by atoms with Gasteiger partial charge in [0.25, 0.3) is 0 Å². The summed E-state index contributed by atoms with van der Waals surface area (Å²) in [6.45, 7) is 4.68. The maximum absolute atomic E-state index is 12.1. The molecule has 1 amide bonds. The Labute approximate surface area is 183 Å². The number of halogens is 4. The molecule has 172 valence electrons. The highest BCUT2D eigenvalue weighted by Gasteiger charge is 2.45. The Bertz CT molecular complexity index is 790. The fraction of sp³-hybridized carbons (Fsp3) is 0.619. The van der Waals surface area contributed by atoms with E-state index in [0.717, 1.165) is 69.9 Å². The molecule has 1 spiro atoms. The largest absolute Gasteiger partial charge is 0.490 e. The molecule has 3 aliphatic rings. The molecule has 0 bridgehead atoms. The maximum atomic E-state index is 12.1. The Kier molecular flexibility index (Phi) is 7.49. The lowest BCUT2D eigenvalue weighted by Gasteiger charge is -2.41. The highest BCUT2D eigenvalue weighted by Crippen LogP contribution is 2.37. The Morgan fingerprint density at radius 2 is 1.94 bits per heavy atom. The van der Waals surface area contributed by atoms with Crippen molar-refractivity contribution in [2.24, 2.45) is 0 Å². The molecule has 3 aliphatic heterocycles. The van der Waals surface area contributed by atoms with E-state index in [0.29, 0.717) is 11.9 Å². The Balaban J connectivity index is 0.000000339. The molecule has 3 fully saturated rings. The van der Waals surface area contributed by atoms with Crippen LogP contribution in [0.25, 0.3) is 0 Å². The Morgan fingerprint density at radius 3 is 2.52 bits per heavy atom. The molecule has 31 heavy (non-hydrogen) atoms. The number of alkyl halides is 3. The van der Waals surface area contributed by atoms with E-state index in [1.54, 1.807) is 0 Å². The van der Waals surface area contributed by atoms with Gasteiger partial charge in [-0.15, -0.1) is 0 Å². The third-order valence-electron chi connectivity index (χ3n) is 5.98. The van der Waals surface area contributed by atoms with Crippen molar-refractivity contribution < 1.29 is 32.6 Å². The van der Waals surface area contributed by atoms with Gasteiger partial charge < -0.3 is 14.7 Å². The second-order valence-corrected chi connectivity index (χ2v) is 8.70. The van der Waals surface area contributed by atoms with Crippen molar-refractivity contribution in [3.05, 3.63) is 34.9 Å². The van der Waals surface area contributed by atoms with Gasteiger partial charge in [-0.1, -0.05) is 23.7 Å². The number of rotatable bonds is 3. The summed E-state index contributed by atoms with van der Waals surface area (Å²) >= 11 is 5.97. The van der Waals surface area contributed by atoms with E-state index in [-0.39, 0.29) is 5.60 Å². The monoisotopic (exact) mass is 462 g/mol. The van der Waals surface area contributed by atoms with Crippen LogP contribution < -0.4 is 0 Å². The predicted molar refractivity (Wildman–Crippen MR) is 108 cm³/mol. The molecule has 3 heterocycles. The lowest BCUT2D eigenvalue weighted by molar-refractivity contribution is -0.192. The minimum atomic E-state index is -5.08. The van der Waals surface area contributed by atoms with E-state index in [4.69, 9.17) is 26.2 Å². The number of carbonyl (C=O) groups excluding carboxylic acids is 1. The van der Waals surface area contributed by atoms with Gasteiger partial charge in [-0.3, -0.25) is 9.69 Å². The molecular weight excluding hydrogens is 437 g/mol. The summed E-state index contributed by atoms with van der Waals surface area (Å²) in [7, 11) is 0. The molecule has 2 atom stereocenters. The molecule has 0 unspecified atom stereocenters. The van der Waals surface area contributed by atoms with Crippen molar-refractivity contribution in [1.29, 1.82) is 0 Å². The van der Waals surface area contributed by atoms with Crippen LogP contribution in [0.5, 0.6) is 0 Å². The van der Waals surface area contributed by atoms with Gasteiger partial charge in [0.2, 0.25) is 5.91 Å². The molecule has 0 radical (unpaired) electrons. The summed E-state index contributed by atoms with van der Waals surface area (Å²) in [5.74, 6) is -2.42. The van der Waals surface area contributed by atoms with Gasteiger partial charge in [-0.25, -0.2) is 4.79 Å². The second-order valence-electron chi connectivity index (χ2n) is 8.26. The molecule has 10 heteroatoms. The summed E-state index contributed by atoms with van der Waals surface area (Å²) in [5, 5.41) is 7.91. The zero-order valence-corrected chi connectivity index (χ0v) is 17.8. The lowest BCUT2D eigenvalue weighted by atomic mass is 9.89. The first kappa shape index (κ1) is 23.8. The number of nitrogens with zero attached hydrogens (tertiary/aromatic N) is 2. The minimum Gasteiger partial charge on any atom is -0.475 e. The summed E-state index contributed by atoms with van der Waals surface area (Å²) in [6.07, 6.45) is -0.279. The van der Waals surface area contributed by atoms with Crippen molar-refractivity contribution in [2.75, 3.05) is 26.2 Å². The topological polar surface area (TPSA) is 70.1 Å². The van der Waals surface area contributed by atoms with Gasteiger partial charge in [0.1, 0.15) is 0 Å². The number of carboxylic acid groups (broad SMARTS) is 1. The van der Waals surface area contributed by atoms with Crippen molar-refractivity contribution in [2.45, 2.75) is 56.5 Å². The number of benzene rings is 1. The Hall–Kier alpha value is -1.84. The van der Waals surface area contributed by atoms with Gasteiger partial charge in [-0.2, -0.15) is 13.2 Å². The van der Waals surface area contributed by atoms with E-state index in [2.05, 4.69) is 21.9 Å². The SMILES string of the molecule is O=C(O)C(F)(F)F.O=C1CCCN1[C@H]1CCO[C@]2(CCN(Cc3ccc(Cl)cc3)C2)C1. The fourth-order valence-corrected chi connectivity index (χ4v) is 4.64. The standard InChI is InChI=1S/C19H25ClN2O2.C2HF3O2/c20-16-5-3-15(4-6-16)13-21-10-8-19(14-21)12-17(7-11-24-19)22-9-1-2-18(22)23;3-2(4,5)1(6)7/h3-6,17H,1-2,7-14H2;(H,6,7)/t17-,19+;/m0./s1. The van der Waals surface area contributed by atoms with Gasteiger partial charge in [0.15, 0.2) is 0 Å². The van der Waals surface area contributed by atoms with Crippen LogP contribution in [0.4, 0.5) is 13.2 Å². The average molecular weight is 463 g/mol. The van der Waals surface area contributed by atoms with Crippen LogP contribution in [0.2, 0.25) is 5.02 Å². The smallest absolute Gasteiger partial charge is 0.475 e. The van der Waals surface area contributed by atoms with Gasteiger partial charge in [-0.05, 0) is 43.4 Å². The van der Waals surface area contributed by atoms with E-state index < -0.39 is 12.1 Å². The summed E-state index contributed by atoms with van der Waals surface area (Å²) in [6, 6.07) is 8.48. The maximum Gasteiger partial charge on any atom is 0.490 e. The van der Waals surface area contributed by atoms with E-state index in [9.17, 15) is 18.0 Å². The predicted octanol–water partition coefficient (Wildman–Crippen LogP) is 3.72. The average Bonchev–Trinajstić information content (AvgIpc) is 3.30. The summed E-state index contributed by atoms with van der Waals surface area (Å²) in [4.78, 5) is 25.6. The number of likely N-dealkylation sites (tertiary alicyclic amines) is 2. The van der Waals surface area contributed by atoms with Crippen LogP contribution in [0.1, 0.15) is 37.7 Å². The fourth-order valence-electron chi connectivity index (χ4n) is 4.52. The number of aliphatic carboxylic acids is 1. The lowest BCUT2D eigenvalue weighted by Crippen LogP contribution is -2.50. The zero-order valence-electron chi connectivity index (χ0n) is 17.0. The first-order chi connectivity index (χ1) is 14.6. The molecular formula is C21H26ClF3N2O4. The molecule has 6 nitrogen and oxygen atoms in total. The van der Waals surface area contributed by atoms with Crippen molar-refractivity contribution in [1.82, 2.24) is 9.80 Å². The quantitative estimate of drug-likeness (QED) is 0.741. The number of ether oxygens (including phenoxy) is 1. The van der Waals surface area contributed by atoms with Crippen LogP contribution in [-0.2, 0) is 20.9 Å². The van der Waals surface area contributed by atoms with Crippen LogP contribution in [0, 0.1) is 0 Å². The third kappa shape index (κ3) is 6.33. The van der Waals surface area contributed by atoms with Crippen molar-refractivity contribution >= 4 is 23.5 Å². The number of carboxylic acids is 1. The Morgan fingerprint density at radius 1 is 1.26 bits per heavy atom. The number of carbonyl (C=O) groups is 2. The van der Waals surface area contributed by atoms with Gasteiger partial charge >= 0.3 is 12.1 Å². The van der Waals surface area contributed by atoms with Gasteiger partial charge in [0, 0.05) is 50.3 Å². The molecule has 4 rings (SSSR count). The molecule has 1 aromatic carbocycles. The van der Waals surface area contributed by atoms with Crippen LogP contribution in [0.3, 0.4) is 0 Å². The molecule has 1 N–H and O–H groups in total. The van der Waals surface area contributed by atoms with Crippen LogP contribution >= 0.6 is 11.6 Å². The highest BCUT2D eigenvalue weighted by atomic mass is 35.5. The number of hydrogen-bond acceptors (Lipinski definition) is 4. The van der Waals surface area contributed by atoms with E-state index in [1.165, 1.54) is 5.56 Å². The van der Waals surface area contributed by atoms with E-state index in [1.807, 2.05) is 12.1 Å². The zero-order chi connectivity index (χ0) is 22.6. The van der Waals surface area contributed by atoms with Crippen molar-refractivity contribution in [3.8, 4) is 0 Å². The van der Waals surface area contributed by atoms with Crippen molar-refractivity contribution in [3.63, 3.8) is 0 Å². The summed E-state index contributed by atoms with van der Waals surface area (Å²) in [5.41, 5.74) is 1.23. The third-order valence-corrected chi connectivity index (χ3v) is 6.23. The highest BCUT2D eigenvalue weighted by molar-refractivity contribution is 6.30. The van der Waals surface area contributed by atoms with Crippen LogP contribution in [0.15, 0.2) is 24.3 Å². The number of amides is 1. The second kappa shape index (κ2) is 9.75. The molecule has 0 aliphatic carbocycles. The van der Waals surface area contributed by atoms with E-state index >= 15 is 0 Å².